The molecule has 0 radical (unpaired) electrons. The first-order chi connectivity index (χ1) is 9.50. The Labute approximate surface area is 122 Å². The van der Waals surface area contributed by atoms with Crippen LogP contribution in [0, 0.1) is 0 Å². The molecule has 1 saturated heterocycles. The van der Waals surface area contributed by atoms with Gasteiger partial charge in [0.1, 0.15) is 6.26 Å². The summed E-state index contributed by atoms with van der Waals surface area (Å²) >= 11 is 0. The molecule has 0 bridgehead atoms. The third-order valence-corrected chi connectivity index (χ3v) is 3.77. The maximum atomic E-state index is 5.61. The Bertz CT molecular complexity index is 402. The standard InChI is InChI=1S/C15H28N4O/c1-5-6-16-11-13-12-20-14(17-13)18-7-9-19(10-8-18)15(2,3)4/h12,16H,5-11H2,1-4H3. The highest BCUT2D eigenvalue weighted by Gasteiger charge is 2.27. The summed E-state index contributed by atoms with van der Waals surface area (Å²) in [6, 6.07) is 0.770. The summed E-state index contributed by atoms with van der Waals surface area (Å²) in [5.41, 5.74) is 1.24. The van der Waals surface area contributed by atoms with Crippen LogP contribution in [0.25, 0.3) is 0 Å². The van der Waals surface area contributed by atoms with Gasteiger partial charge < -0.3 is 14.6 Å². The fraction of sp³-hybridized carbons (Fsp3) is 0.800. The first-order valence-corrected chi connectivity index (χ1v) is 7.66. The molecule has 0 unspecified atom stereocenters. The number of piperazine rings is 1. The lowest BCUT2D eigenvalue weighted by atomic mass is 10.1. The Morgan fingerprint density at radius 1 is 1.25 bits per heavy atom. The third kappa shape index (κ3) is 3.96. The van der Waals surface area contributed by atoms with Crippen LogP contribution in [0.5, 0.6) is 0 Å². The molecule has 2 heterocycles. The van der Waals surface area contributed by atoms with Gasteiger partial charge in [-0.15, -0.1) is 0 Å². The SMILES string of the molecule is CCCNCc1coc(N2CCN(C(C)(C)C)CC2)n1. The molecule has 1 aliphatic rings. The lowest BCUT2D eigenvalue weighted by Crippen LogP contribution is -2.53. The maximum Gasteiger partial charge on any atom is 0.297 e. The molecule has 2 rings (SSSR count). The van der Waals surface area contributed by atoms with Gasteiger partial charge in [-0.25, -0.2) is 0 Å². The minimum atomic E-state index is 0.248. The minimum absolute atomic E-state index is 0.248. The molecule has 0 saturated carbocycles. The van der Waals surface area contributed by atoms with E-state index in [-0.39, 0.29) is 5.54 Å². The van der Waals surface area contributed by atoms with Gasteiger partial charge in [-0.1, -0.05) is 6.92 Å². The van der Waals surface area contributed by atoms with E-state index in [2.05, 4.69) is 47.8 Å². The second-order valence-electron chi connectivity index (χ2n) is 6.44. The van der Waals surface area contributed by atoms with Crippen molar-refractivity contribution in [3.05, 3.63) is 12.0 Å². The minimum Gasteiger partial charge on any atom is -0.432 e. The van der Waals surface area contributed by atoms with Crippen molar-refractivity contribution in [3.63, 3.8) is 0 Å². The van der Waals surface area contributed by atoms with Crippen LogP contribution in [0.2, 0.25) is 0 Å². The Morgan fingerprint density at radius 2 is 1.95 bits per heavy atom. The molecule has 0 aliphatic carbocycles. The van der Waals surface area contributed by atoms with E-state index in [1.54, 1.807) is 6.26 Å². The van der Waals surface area contributed by atoms with Crippen LogP contribution >= 0.6 is 0 Å². The number of hydrogen-bond donors (Lipinski definition) is 1. The monoisotopic (exact) mass is 280 g/mol. The van der Waals surface area contributed by atoms with Crippen molar-refractivity contribution < 1.29 is 4.42 Å². The molecule has 5 heteroatoms. The van der Waals surface area contributed by atoms with Crippen molar-refractivity contribution in [2.75, 3.05) is 37.6 Å². The predicted molar refractivity (Wildman–Crippen MR) is 82.0 cm³/mol. The largest absolute Gasteiger partial charge is 0.432 e. The fourth-order valence-electron chi connectivity index (χ4n) is 2.48. The van der Waals surface area contributed by atoms with E-state index in [0.717, 1.165) is 57.4 Å². The molecule has 1 aromatic heterocycles. The van der Waals surface area contributed by atoms with Gasteiger partial charge in [-0.3, -0.25) is 4.90 Å². The zero-order valence-corrected chi connectivity index (χ0v) is 13.3. The summed E-state index contributed by atoms with van der Waals surface area (Å²) in [6.07, 6.45) is 2.91. The first kappa shape index (κ1) is 15.3. The molecule has 0 amide bonds. The lowest BCUT2D eigenvalue weighted by molar-refractivity contribution is 0.127. The average Bonchev–Trinajstić information content (AvgIpc) is 2.87. The molecule has 5 nitrogen and oxygen atoms in total. The second kappa shape index (κ2) is 6.59. The fourth-order valence-corrected chi connectivity index (χ4v) is 2.48. The van der Waals surface area contributed by atoms with Gasteiger partial charge >= 0.3 is 0 Å². The van der Waals surface area contributed by atoms with Gasteiger partial charge in [0.25, 0.3) is 6.01 Å². The second-order valence-corrected chi connectivity index (χ2v) is 6.44. The van der Waals surface area contributed by atoms with Crippen LogP contribution < -0.4 is 10.2 Å². The molecule has 20 heavy (non-hydrogen) atoms. The number of nitrogens with one attached hydrogen (secondary N) is 1. The Morgan fingerprint density at radius 3 is 2.55 bits per heavy atom. The van der Waals surface area contributed by atoms with Crippen molar-refractivity contribution >= 4 is 6.01 Å². The van der Waals surface area contributed by atoms with Crippen LogP contribution in [0.1, 0.15) is 39.8 Å². The van der Waals surface area contributed by atoms with Gasteiger partial charge in [0.15, 0.2) is 0 Å². The normalized spacial score (nSPS) is 17.7. The van der Waals surface area contributed by atoms with Gasteiger partial charge in [0.2, 0.25) is 0 Å². The van der Waals surface area contributed by atoms with Crippen molar-refractivity contribution in [3.8, 4) is 0 Å². The highest BCUT2D eigenvalue weighted by molar-refractivity contribution is 5.28. The Hall–Kier alpha value is -1.07. The van der Waals surface area contributed by atoms with Crippen LogP contribution in [0.15, 0.2) is 10.7 Å². The highest BCUT2D eigenvalue weighted by atomic mass is 16.4. The number of rotatable bonds is 5. The van der Waals surface area contributed by atoms with Gasteiger partial charge in [0.05, 0.1) is 5.69 Å². The van der Waals surface area contributed by atoms with Gasteiger partial charge in [-0.05, 0) is 33.7 Å². The van der Waals surface area contributed by atoms with Crippen molar-refractivity contribution in [2.45, 2.75) is 46.2 Å². The summed E-state index contributed by atoms with van der Waals surface area (Å²) in [6.45, 7) is 14.9. The Kier molecular flexibility index (Phi) is 5.05. The van der Waals surface area contributed by atoms with E-state index in [0.29, 0.717) is 0 Å². The molecule has 1 aliphatic heterocycles. The van der Waals surface area contributed by atoms with Crippen LogP contribution in [0.3, 0.4) is 0 Å². The van der Waals surface area contributed by atoms with Crippen LogP contribution in [-0.2, 0) is 6.54 Å². The van der Waals surface area contributed by atoms with E-state index < -0.39 is 0 Å². The maximum absolute atomic E-state index is 5.61. The molecule has 1 aromatic rings. The van der Waals surface area contributed by atoms with Gasteiger partial charge in [-0.2, -0.15) is 4.98 Å². The molecule has 0 atom stereocenters. The molecule has 0 aromatic carbocycles. The number of aromatic nitrogens is 1. The summed E-state index contributed by atoms with van der Waals surface area (Å²) in [5, 5.41) is 3.35. The zero-order valence-electron chi connectivity index (χ0n) is 13.3. The Balaban J connectivity index is 1.84. The smallest absolute Gasteiger partial charge is 0.297 e. The summed E-state index contributed by atoms with van der Waals surface area (Å²) in [5.74, 6) is 0. The average molecular weight is 280 g/mol. The first-order valence-electron chi connectivity index (χ1n) is 7.66. The van der Waals surface area contributed by atoms with E-state index in [1.807, 2.05) is 0 Å². The summed E-state index contributed by atoms with van der Waals surface area (Å²) in [4.78, 5) is 9.32. The highest BCUT2D eigenvalue weighted by Crippen LogP contribution is 2.20. The number of hydrogen-bond acceptors (Lipinski definition) is 5. The summed E-state index contributed by atoms with van der Waals surface area (Å²) < 4.78 is 5.61. The summed E-state index contributed by atoms with van der Waals surface area (Å²) in [7, 11) is 0. The van der Waals surface area contributed by atoms with Crippen molar-refractivity contribution in [1.29, 1.82) is 0 Å². The van der Waals surface area contributed by atoms with E-state index in [1.165, 1.54) is 0 Å². The molecule has 1 N–H and O–H groups in total. The van der Waals surface area contributed by atoms with Crippen molar-refractivity contribution in [2.24, 2.45) is 0 Å². The molecule has 0 spiro atoms. The predicted octanol–water partition coefficient (Wildman–Crippen LogP) is 2.09. The van der Waals surface area contributed by atoms with E-state index in [4.69, 9.17) is 4.42 Å². The number of oxazole rings is 1. The quantitative estimate of drug-likeness (QED) is 0.837. The van der Waals surface area contributed by atoms with Crippen LogP contribution in [0.4, 0.5) is 6.01 Å². The van der Waals surface area contributed by atoms with E-state index >= 15 is 0 Å². The van der Waals surface area contributed by atoms with Crippen molar-refractivity contribution in [1.82, 2.24) is 15.2 Å². The molecule has 114 valence electrons. The topological polar surface area (TPSA) is 44.5 Å². The van der Waals surface area contributed by atoms with Gasteiger partial charge in [0, 0.05) is 38.3 Å². The van der Waals surface area contributed by atoms with E-state index in [9.17, 15) is 0 Å². The number of anilines is 1. The molecular weight excluding hydrogens is 252 g/mol. The number of nitrogens with zero attached hydrogens (tertiary/aromatic N) is 3. The molecule has 1 fully saturated rings. The lowest BCUT2D eigenvalue weighted by Gasteiger charge is -2.41. The third-order valence-electron chi connectivity index (χ3n) is 3.77. The zero-order chi connectivity index (χ0) is 14.6. The van der Waals surface area contributed by atoms with Crippen LogP contribution in [-0.4, -0.2) is 48.1 Å². The molecular formula is C15H28N4O.